The third-order valence-electron chi connectivity index (χ3n) is 4.56. The molecule has 1 N–H and O–H groups in total. The molecule has 1 atom stereocenters. The first-order valence-corrected chi connectivity index (χ1v) is 11.3. The summed E-state index contributed by atoms with van der Waals surface area (Å²) in [7, 11) is 1.58. The Bertz CT molecular complexity index is 860. The first-order valence-electron chi connectivity index (χ1n) is 9.44. The molecule has 4 nitrogen and oxygen atoms in total. The van der Waals surface area contributed by atoms with Gasteiger partial charge in [0.1, 0.15) is 6.04 Å². The second kappa shape index (κ2) is 11.5. The molecule has 156 valence electrons. The summed E-state index contributed by atoms with van der Waals surface area (Å²) < 4.78 is 0. The van der Waals surface area contributed by atoms with Crippen LogP contribution in [0, 0.1) is 6.92 Å². The van der Waals surface area contributed by atoms with Gasteiger partial charge in [0.25, 0.3) is 0 Å². The lowest BCUT2D eigenvalue weighted by atomic mass is 10.1. The van der Waals surface area contributed by atoms with Gasteiger partial charge in [-0.05, 0) is 36.6 Å². The summed E-state index contributed by atoms with van der Waals surface area (Å²) in [5.41, 5.74) is 3.13. The first kappa shape index (κ1) is 23.6. The van der Waals surface area contributed by atoms with Crippen molar-refractivity contribution in [2.75, 3.05) is 12.8 Å². The number of aryl methyl sites for hydroxylation is 1. The number of thioether (sulfide) groups is 1. The third kappa shape index (κ3) is 6.95. The molecule has 2 rings (SSSR count). The molecule has 0 unspecified atom stereocenters. The predicted molar refractivity (Wildman–Crippen MR) is 122 cm³/mol. The zero-order valence-corrected chi connectivity index (χ0v) is 19.2. The molecule has 0 radical (unpaired) electrons. The molecule has 0 aliphatic heterocycles. The van der Waals surface area contributed by atoms with E-state index in [0.29, 0.717) is 16.5 Å². The Hall–Kier alpha value is -1.69. The van der Waals surface area contributed by atoms with E-state index >= 15 is 0 Å². The lowest BCUT2D eigenvalue weighted by Gasteiger charge is -2.30. The monoisotopic (exact) mass is 452 g/mol. The van der Waals surface area contributed by atoms with Gasteiger partial charge < -0.3 is 10.2 Å². The second-order valence-electron chi connectivity index (χ2n) is 6.78. The zero-order chi connectivity index (χ0) is 21.4. The summed E-state index contributed by atoms with van der Waals surface area (Å²) in [5.74, 6) is 0.741. The van der Waals surface area contributed by atoms with Crippen LogP contribution in [0.4, 0.5) is 0 Å². The molecule has 29 heavy (non-hydrogen) atoms. The van der Waals surface area contributed by atoms with Gasteiger partial charge in [0.15, 0.2) is 0 Å². The molecule has 0 bridgehead atoms. The first-order chi connectivity index (χ1) is 13.8. The third-order valence-corrected chi connectivity index (χ3v) is 6.14. The standard InChI is InChI=1S/C22H26Cl2N2O2S/c1-4-20(22(28)25-3)26(12-17-8-9-18(23)11-19(17)24)21(27)14-29-13-16-7-5-6-15(2)10-16/h5-11,20H,4,12-14H2,1-3H3,(H,25,28)/t20-/m0/s1. The zero-order valence-electron chi connectivity index (χ0n) is 16.9. The van der Waals surface area contributed by atoms with Crippen molar-refractivity contribution in [1.29, 1.82) is 0 Å². The van der Waals surface area contributed by atoms with Gasteiger partial charge >= 0.3 is 0 Å². The van der Waals surface area contributed by atoms with E-state index in [0.717, 1.165) is 11.3 Å². The van der Waals surface area contributed by atoms with E-state index in [9.17, 15) is 9.59 Å². The Kier molecular flexibility index (Phi) is 9.34. The molecule has 7 heteroatoms. The Balaban J connectivity index is 2.14. The second-order valence-corrected chi connectivity index (χ2v) is 8.61. The minimum Gasteiger partial charge on any atom is -0.357 e. The van der Waals surface area contributed by atoms with Crippen LogP contribution in [0.5, 0.6) is 0 Å². The van der Waals surface area contributed by atoms with Gasteiger partial charge in [-0.1, -0.05) is 66.0 Å². The number of hydrogen-bond donors (Lipinski definition) is 1. The summed E-state index contributed by atoms with van der Waals surface area (Å²) >= 11 is 13.8. The molecule has 0 aliphatic rings. The van der Waals surface area contributed by atoms with E-state index in [4.69, 9.17) is 23.2 Å². The molecule has 0 spiro atoms. The van der Waals surface area contributed by atoms with Crippen LogP contribution in [0.3, 0.4) is 0 Å². The fourth-order valence-corrected chi connectivity index (χ4v) is 4.39. The molecule has 0 aliphatic carbocycles. The van der Waals surface area contributed by atoms with Crippen molar-refractivity contribution in [3.05, 3.63) is 69.2 Å². The van der Waals surface area contributed by atoms with Crippen molar-refractivity contribution in [3.63, 3.8) is 0 Å². The molecule has 0 aromatic heterocycles. The van der Waals surface area contributed by atoms with Crippen LogP contribution in [0.2, 0.25) is 10.0 Å². The smallest absolute Gasteiger partial charge is 0.242 e. The molecule has 0 fully saturated rings. The molecule has 2 aromatic rings. The predicted octanol–water partition coefficient (Wildman–Crippen LogP) is 5.09. The van der Waals surface area contributed by atoms with Crippen molar-refractivity contribution in [3.8, 4) is 0 Å². The maximum absolute atomic E-state index is 13.1. The maximum Gasteiger partial charge on any atom is 0.242 e. The van der Waals surface area contributed by atoms with Crippen LogP contribution in [-0.4, -0.2) is 35.6 Å². The lowest BCUT2D eigenvalue weighted by Crippen LogP contribution is -2.48. The highest BCUT2D eigenvalue weighted by Gasteiger charge is 2.28. The van der Waals surface area contributed by atoms with E-state index in [1.807, 2.05) is 26.0 Å². The molecular weight excluding hydrogens is 427 g/mol. The molecule has 0 saturated carbocycles. The molecule has 2 amide bonds. The number of carbonyl (C=O) groups is 2. The number of hydrogen-bond acceptors (Lipinski definition) is 3. The normalized spacial score (nSPS) is 11.8. The lowest BCUT2D eigenvalue weighted by molar-refractivity contribution is -0.139. The summed E-state index contributed by atoms with van der Waals surface area (Å²) in [6, 6.07) is 12.8. The molecule has 2 aromatic carbocycles. The van der Waals surface area contributed by atoms with Gasteiger partial charge in [0.05, 0.1) is 5.75 Å². The van der Waals surface area contributed by atoms with Crippen LogP contribution < -0.4 is 5.32 Å². The van der Waals surface area contributed by atoms with E-state index in [1.165, 1.54) is 22.9 Å². The van der Waals surface area contributed by atoms with E-state index < -0.39 is 6.04 Å². The number of halogens is 2. The highest BCUT2D eigenvalue weighted by molar-refractivity contribution is 7.99. The highest BCUT2D eigenvalue weighted by Crippen LogP contribution is 2.24. The van der Waals surface area contributed by atoms with Gasteiger partial charge in [-0.25, -0.2) is 0 Å². The van der Waals surface area contributed by atoms with Crippen LogP contribution in [0.15, 0.2) is 42.5 Å². The van der Waals surface area contributed by atoms with Crippen LogP contribution in [0.1, 0.15) is 30.0 Å². The number of carbonyl (C=O) groups excluding carboxylic acids is 2. The van der Waals surface area contributed by atoms with Crippen molar-refractivity contribution < 1.29 is 9.59 Å². The fraction of sp³-hybridized carbons (Fsp3) is 0.364. The SMILES string of the molecule is CC[C@@H](C(=O)NC)N(Cc1ccc(Cl)cc1Cl)C(=O)CSCc1cccc(C)c1. The number of nitrogens with zero attached hydrogens (tertiary/aromatic N) is 1. The van der Waals surface area contributed by atoms with Crippen molar-refractivity contribution in [2.45, 2.75) is 38.6 Å². The Morgan fingerprint density at radius 3 is 2.55 bits per heavy atom. The number of nitrogens with one attached hydrogen (secondary N) is 1. The summed E-state index contributed by atoms with van der Waals surface area (Å²) in [5, 5.41) is 3.67. The number of benzene rings is 2. The van der Waals surface area contributed by atoms with Gasteiger partial charge in [-0.15, -0.1) is 11.8 Å². The number of amides is 2. The van der Waals surface area contributed by atoms with E-state index in [1.54, 1.807) is 30.1 Å². The molecule has 0 saturated heterocycles. The highest BCUT2D eigenvalue weighted by atomic mass is 35.5. The summed E-state index contributed by atoms with van der Waals surface area (Å²) in [6.45, 7) is 4.20. The van der Waals surface area contributed by atoms with Gasteiger partial charge in [-0.2, -0.15) is 0 Å². The quantitative estimate of drug-likeness (QED) is 0.576. The Morgan fingerprint density at radius 1 is 1.17 bits per heavy atom. The molecule has 0 heterocycles. The minimum absolute atomic E-state index is 0.0934. The maximum atomic E-state index is 13.1. The van der Waals surface area contributed by atoms with Crippen LogP contribution >= 0.6 is 35.0 Å². The minimum atomic E-state index is -0.557. The van der Waals surface area contributed by atoms with Crippen molar-refractivity contribution in [1.82, 2.24) is 10.2 Å². The van der Waals surface area contributed by atoms with Gasteiger partial charge in [0.2, 0.25) is 11.8 Å². The summed E-state index contributed by atoms with van der Waals surface area (Å²) in [4.78, 5) is 27.1. The number of likely N-dealkylation sites (N-methyl/N-ethyl adjacent to an activating group) is 1. The molecular formula is C22H26Cl2N2O2S. The topological polar surface area (TPSA) is 49.4 Å². The number of rotatable bonds is 9. The fourth-order valence-electron chi connectivity index (χ4n) is 3.06. The van der Waals surface area contributed by atoms with Gasteiger partial charge in [-0.3, -0.25) is 9.59 Å². The van der Waals surface area contributed by atoms with Crippen molar-refractivity contribution in [2.24, 2.45) is 0 Å². The largest absolute Gasteiger partial charge is 0.357 e. The van der Waals surface area contributed by atoms with Gasteiger partial charge in [0, 0.05) is 29.4 Å². The average Bonchev–Trinajstić information content (AvgIpc) is 2.69. The van der Waals surface area contributed by atoms with Crippen LogP contribution in [0.25, 0.3) is 0 Å². The Labute approximate surface area is 187 Å². The average molecular weight is 453 g/mol. The summed E-state index contributed by atoms with van der Waals surface area (Å²) in [6.07, 6.45) is 0.513. The van der Waals surface area contributed by atoms with E-state index in [-0.39, 0.29) is 24.1 Å². The van der Waals surface area contributed by atoms with Crippen LogP contribution in [-0.2, 0) is 21.9 Å². The van der Waals surface area contributed by atoms with E-state index in [2.05, 4.69) is 17.4 Å². The van der Waals surface area contributed by atoms with Crippen molar-refractivity contribution >= 4 is 46.8 Å². The Morgan fingerprint density at radius 2 is 1.93 bits per heavy atom.